The van der Waals surface area contributed by atoms with Crippen molar-refractivity contribution in [1.82, 2.24) is 4.98 Å². The fourth-order valence-corrected chi connectivity index (χ4v) is 4.30. The normalized spacial score (nSPS) is 11.7. The first kappa shape index (κ1) is 19.8. The molecule has 2 aromatic carbocycles. The summed E-state index contributed by atoms with van der Waals surface area (Å²) in [6, 6.07) is 14.9. The van der Waals surface area contributed by atoms with Crippen molar-refractivity contribution in [2.75, 3.05) is 11.1 Å². The number of benzene rings is 2. The van der Waals surface area contributed by atoms with Crippen LogP contribution in [0.2, 0.25) is 0 Å². The lowest BCUT2D eigenvalue weighted by Crippen LogP contribution is -2.17. The largest absolute Gasteiger partial charge is 0.326 e. The van der Waals surface area contributed by atoms with Gasteiger partial charge in [0.15, 0.2) is 9.84 Å². The molecule has 0 radical (unpaired) electrons. The molecule has 0 unspecified atom stereocenters. The Morgan fingerprint density at radius 3 is 2.46 bits per heavy atom. The van der Waals surface area contributed by atoms with Crippen molar-refractivity contribution in [1.29, 1.82) is 0 Å². The Bertz CT molecular complexity index is 1170. The third kappa shape index (κ3) is 4.48. The molecule has 28 heavy (non-hydrogen) atoms. The van der Waals surface area contributed by atoms with Crippen LogP contribution in [0.4, 0.5) is 5.69 Å². The molecule has 0 saturated heterocycles. The Balaban J connectivity index is 1.74. The second kappa shape index (κ2) is 7.98. The predicted molar refractivity (Wildman–Crippen MR) is 110 cm³/mol. The zero-order valence-electron chi connectivity index (χ0n) is 15.7. The molecule has 0 aliphatic heterocycles. The van der Waals surface area contributed by atoms with E-state index in [-0.39, 0.29) is 28.5 Å². The highest BCUT2D eigenvalue weighted by Crippen LogP contribution is 2.25. The molecule has 6 nitrogen and oxygen atoms in total. The highest BCUT2D eigenvalue weighted by Gasteiger charge is 2.16. The smallest absolute Gasteiger partial charge is 0.248 e. The molecule has 0 bridgehead atoms. The van der Waals surface area contributed by atoms with Gasteiger partial charge in [0.05, 0.1) is 16.2 Å². The van der Waals surface area contributed by atoms with Gasteiger partial charge in [-0.2, -0.15) is 0 Å². The SMILES string of the molecule is CC(C)c1cc(=O)[nH]c2cc(NC(=O)CCS(=O)(=O)c3ccccc3)ccc12. The molecule has 0 saturated carbocycles. The van der Waals surface area contributed by atoms with Crippen molar-refractivity contribution in [3.8, 4) is 0 Å². The van der Waals surface area contributed by atoms with Gasteiger partial charge in [0.25, 0.3) is 0 Å². The average Bonchev–Trinajstić information content (AvgIpc) is 2.66. The van der Waals surface area contributed by atoms with Crippen LogP contribution in [0.1, 0.15) is 31.7 Å². The number of H-pyrrole nitrogens is 1. The van der Waals surface area contributed by atoms with Gasteiger partial charge in [-0.3, -0.25) is 9.59 Å². The van der Waals surface area contributed by atoms with Crippen LogP contribution in [-0.2, 0) is 14.6 Å². The molecule has 0 atom stereocenters. The fraction of sp³-hybridized carbons (Fsp3) is 0.238. The average molecular weight is 398 g/mol. The summed E-state index contributed by atoms with van der Waals surface area (Å²) in [4.78, 5) is 27.1. The maximum absolute atomic E-state index is 12.3. The highest BCUT2D eigenvalue weighted by molar-refractivity contribution is 7.91. The van der Waals surface area contributed by atoms with E-state index in [0.717, 1.165) is 10.9 Å². The Kier molecular flexibility index (Phi) is 5.65. The number of hydrogen-bond acceptors (Lipinski definition) is 4. The third-order valence-electron chi connectivity index (χ3n) is 4.48. The number of amides is 1. The number of pyridine rings is 1. The van der Waals surface area contributed by atoms with Crippen molar-refractivity contribution in [3.63, 3.8) is 0 Å². The molecule has 7 heteroatoms. The molecule has 1 heterocycles. The number of aromatic amines is 1. The molecule has 0 fully saturated rings. The van der Waals surface area contributed by atoms with Gasteiger partial charge in [-0.25, -0.2) is 8.42 Å². The van der Waals surface area contributed by atoms with Crippen molar-refractivity contribution in [2.24, 2.45) is 0 Å². The van der Waals surface area contributed by atoms with Gasteiger partial charge in [-0.15, -0.1) is 0 Å². The van der Waals surface area contributed by atoms with Gasteiger partial charge in [0.1, 0.15) is 0 Å². The molecule has 2 N–H and O–H groups in total. The number of fused-ring (bicyclic) bond motifs is 1. The second-order valence-electron chi connectivity index (χ2n) is 6.93. The topological polar surface area (TPSA) is 96.1 Å². The van der Waals surface area contributed by atoms with Gasteiger partial charge in [-0.1, -0.05) is 38.1 Å². The van der Waals surface area contributed by atoms with Crippen LogP contribution in [0.3, 0.4) is 0 Å². The van der Waals surface area contributed by atoms with Crippen LogP contribution in [0, 0.1) is 0 Å². The summed E-state index contributed by atoms with van der Waals surface area (Å²) in [5.41, 5.74) is 1.87. The quantitative estimate of drug-likeness (QED) is 0.665. The highest BCUT2D eigenvalue weighted by atomic mass is 32.2. The molecular formula is C21H22N2O4S. The summed E-state index contributed by atoms with van der Waals surface area (Å²) < 4.78 is 24.6. The summed E-state index contributed by atoms with van der Waals surface area (Å²) in [5.74, 6) is -0.486. The zero-order valence-corrected chi connectivity index (χ0v) is 16.5. The van der Waals surface area contributed by atoms with Gasteiger partial charge in [-0.05, 0) is 35.7 Å². The first-order valence-electron chi connectivity index (χ1n) is 9.01. The number of carbonyl (C=O) groups excluding carboxylic acids is 1. The molecule has 1 amide bonds. The molecule has 3 aromatic rings. The molecule has 3 rings (SSSR count). The summed E-state index contributed by atoms with van der Waals surface area (Å²) in [6.07, 6.45) is -0.155. The van der Waals surface area contributed by atoms with E-state index in [2.05, 4.69) is 10.3 Å². The first-order valence-corrected chi connectivity index (χ1v) is 10.7. The fourth-order valence-electron chi connectivity index (χ4n) is 3.04. The van der Waals surface area contributed by atoms with Crippen molar-refractivity contribution < 1.29 is 13.2 Å². The maximum atomic E-state index is 12.3. The standard InChI is InChI=1S/C21H22N2O4S/c1-14(2)18-13-21(25)23-19-12-15(8-9-17(18)19)22-20(24)10-11-28(26,27)16-6-4-3-5-7-16/h3-9,12-14H,10-11H2,1-2H3,(H,22,24)(H,23,25). The second-order valence-corrected chi connectivity index (χ2v) is 9.04. The van der Waals surface area contributed by atoms with E-state index in [4.69, 9.17) is 0 Å². The molecule has 146 valence electrons. The third-order valence-corrected chi connectivity index (χ3v) is 6.21. The predicted octanol–water partition coefficient (Wildman–Crippen LogP) is 3.45. The number of rotatable bonds is 6. The minimum absolute atomic E-state index is 0.155. The van der Waals surface area contributed by atoms with E-state index in [0.29, 0.717) is 11.2 Å². The number of carbonyl (C=O) groups is 1. The van der Waals surface area contributed by atoms with E-state index >= 15 is 0 Å². The lowest BCUT2D eigenvalue weighted by molar-refractivity contribution is -0.115. The van der Waals surface area contributed by atoms with Crippen LogP contribution in [0.15, 0.2) is 64.3 Å². The number of nitrogens with one attached hydrogen (secondary N) is 2. The van der Waals surface area contributed by atoms with E-state index < -0.39 is 15.7 Å². The number of aromatic nitrogens is 1. The minimum Gasteiger partial charge on any atom is -0.326 e. The molecule has 0 aliphatic carbocycles. The Morgan fingerprint density at radius 2 is 1.79 bits per heavy atom. The molecule has 0 aliphatic rings. The van der Waals surface area contributed by atoms with Crippen molar-refractivity contribution in [3.05, 3.63) is 70.5 Å². The minimum atomic E-state index is -3.51. The van der Waals surface area contributed by atoms with E-state index in [1.54, 1.807) is 36.4 Å². The maximum Gasteiger partial charge on any atom is 0.248 e. The molecular weight excluding hydrogens is 376 g/mol. The summed E-state index contributed by atoms with van der Waals surface area (Å²) >= 11 is 0. The van der Waals surface area contributed by atoms with Crippen LogP contribution < -0.4 is 10.9 Å². The zero-order chi connectivity index (χ0) is 20.3. The Hall–Kier alpha value is -2.93. The summed E-state index contributed by atoms with van der Waals surface area (Å²) in [5, 5.41) is 3.62. The number of anilines is 1. The van der Waals surface area contributed by atoms with Crippen molar-refractivity contribution >= 4 is 32.3 Å². The van der Waals surface area contributed by atoms with E-state index in [1.807, 2.05) is 19.9 Å². The summed E-state index contributed by atoms with van der Waals surface area (Å²) in [6.45, 7) is 4.02. The van der Waals surface area contributed by atoms with E-state index in [9.17, 15) is 18.0 Å². The van der Waals surface area contributed by atoms with Crippen LogP contribution >= 0.6 is 0 Å². The van der Waals surface area contributed by atoms with Crippen molar-refractivity contribution in [2.45, 2.75) is 31.1 Å². The lowest BCUT2D eigenvalue weighted by atomic mass is 9.99. The number of hydrogen-bond donors (Lipinski definition) is 2. The van der Waals surface area contributed by atoms with Crippen LogP contribution in [0.5, 0.6) is 0 Å². The summed E-state index contributed by atoms with van der Waals surface area (Å²) in [7, 11) is -3.51. The van der Waals surface area contributed by atoms with Gasteiger partial charge < -0.3 is 10.3 Å². The van der Waals surface area contributed by atoms with E-state index in [1.165, 1.54) is 12.1 Å². The Morgan fingerprint density at radius 1 is 1.07 bits per heavy atom. The van der Waals surface area contributed by atoms with Gasteiger partial charge >= 0.3 is 0 Å². The van der Waals surface area contributed by atoms with Crippen LogP contribution in [0.25, 0.3) is 10.9 Å². The molecule has 0 spiro atoms. The van der Waals surface area contributed by atoms with Gasteiger partial charge in [0.2, 0.25) is 11.5 Å². The Labute approximate surface area is 163 Å². The van der Waals surface area contributed by atoms with Crippen LogP contribution in [-0.4, -0.2) is 25.1 Å². The van der Waals surface area contributed by atoms with Gasteiger partial charge in [0, 0.05) is 23.6 Å². The lowest BCUT2D eigenvalue weighted by Gasteiger charge is -2.11. The monoisotopic (exact) mass is 398 g/mol. The number of sulfone groups is 1. The first-order chi connectivity index (χ1) is 13.3. The molecule has 1 aromatic heterocycles.